The number of anilines is 1. The van der Waals surface area contributed by atoms with Crippen LogP contribution in [-0.2, 0) is 9.53 Å². The topological polar surface area (TPSA) is 88.2 Å². The second-order valence-electron chi connectivity index (χ2n) is 5.49. The number of imide groups is 1. The minimum Gasteiger partial charge on any atom is -0.497 e. The number of hydrogen-bond acceptors (Lipinski definition) is 5. The van der Waals surface area contributed by atoms with E-state index < -0.39 is 6.09 Å². The summed E-state index contributed by atoms with van der Waals surface area (Å²) in [4.78, 5) is 37.6. The summed E-state index contributed by atoms with van der Waals surface area (Å²) in [6, 6.07) is 6.83. The largest absolute Gasteiger partial charge is 0.497 e. The lowest BCUT2D eigenvalue weighted by atomic mass is 10.0. The van der Waals surface area contributed by atoms with Gasteiger partial charge in [0.15, 0.2) is 6.61 Å². The summed E-state index contributed by atoms with van der Waals surface area (Å²) in [6.07, 6.45) is -0.601. The molecule has 0 radical (unpaired) electrons. The third-order valence-corrected chi connectivity index (χ3v) is 3.87. The highest BCUT2D eigenvalue weighted by atomic mass is 16.6. The molecule has 0 spiro atoms. The Hall–Kier alpha value is -2.77. The Morgan fingerprint density at radius 2 is 2.00 bits per heavy atom. The van der Waals surface area contributed by atoms with E-state index in [1.54, 1.807) is 36.3 Å². The van der Waals surface area contributed by atoms with Crippen LogP contribution in [0.25, 0.3) is 0 Å². The first-order valence-electron chi connectivity index (χ1n) is 7.24. The van der Waals surface area contributed by atoms with Gasteiger partial charge in [-0.25, -0.2) is 14.5 Å². The van der Waals surface area contributed by atoms with E-state index in [-0.39, 0.29) is 24.5 Å². The smallest absolute Gasteiger partial charge is 0.417 e. The van der Waals surface area contributed by atoms with E-state index in [4.69, 9.17) is 4.74 Å². The lowest BCUT2D eigenvalue weighted by molar-refractivity contribution is -0.126. The van der Waals surface area contributed by atoms with E-state index in [1.165, 1.54) is 0 Å². The van der Waals surface area contributed by atoms with Crippen molar-refractivity contribution in [1.82, 2.24) is 9.80 Å². The number of ether oxygens (including phenoxy) is 2. The van der Waals surface area contributed by atoms with Crippen LogP contribution >= 0.6 is 0 Å². The summed E-state index contributed by atoms with van der Waals surface area (Å²) in [6.45, 7) is 1.11. The van der Waals surface area contributed by atoms with Gasteiger partial charge in [0.05, 0.1) is 7.11 Å². The number of methoxy groups -OCH3 is 1. The summed E-state index contributed by atoms with van der Waals surface area (Å²) < 4.78 is 9.71. The summed E-state index contributed by atoms with van der Waals surface area (Å²) >= 11 is 0. The number of benzene rings is 1. The molecule has 0 atom stereocenters. The summed E-state index contributed by atoms with van der Waals surface area (Å²) in [5, 5.41) is 2.79. The predicted octanol–water partition coefficient (Wildman–Crippen LogP) is 1.14. The third kappa shape index (κ3) is 3.20. The van der Waals surface area contributed by atoms with Crippen molar-refractivity contribution < 1.29 is 23.9 Å². The van der Waals surface area contributed by atoms with Crippen molar-refractivity contribution in [2.75, 3.05) is 38.7 Å². The van der Waals surface area contributed by atoms with Crippen molar-refractivity contribution in [3.05, 3.63) is 24.3 Å². The Labute approximate surface area is 132 Å². The molecule has 0 saturated carbocycles. The van der Waals surface area contributed by atoms with Crippen LogP contribution in [0.4, 0.5) is 15.3 Å². The molecule has 8 heteroatoms. The van der Waals surface area contributed by atoms with Gasteiger partial charge >= 0.3 is 12.1 Å². The Morgan fingerprint density at radius 1 is 1.30 bits per heavy atom. The Bertz CT molecular complexity index is 609. The Morgan fingerprint density at radius 3 is 2.57 bits per heavy atom. The number of amides is 4. The molecule has 122 valence electrons. The summed E-state index contributed by atoms with van der Waals surface area (Å²) in [5.74, 6) is 0.483. The van der Waals surface area contributed by atoms with E-state index >= 15 is 0 Å². The lowest BCUT2D eigenvalue weighted by Gasteiger charge is -2.40. The molecule has 0 unspecified atom stereocenters. The van der Waals surface area contributed by atoms with Crippen molar-refractivity contribution in [2.24, 2.45) is 5.92 Å². The molecule has 0 aliphatic carbocycles. The molecule has 1 N–H and O–H groups in total. The number of hydrogen-bond donors (Lipinski definition) is 1. The monoisotopic (exact) mass is 319 g/mol. The second-order valence-corrected chi connectivity index (χ2v) is 5.49. The van der Waals surface area contributed by atoms with Crippen molar-refractivity contribution in [3.8, 4) is 5.75 Å². The Kier molecular flexibility index (Phi) is 4.05. The maximum atomic E-state index is 12.1. The molecule has 4 amide bonds. The molecule has 1 aromatic rings. The minimum atomic E-state index is -0.601. The Balaban J connectivity index is 1.46. The maximum Gasteiger partial charge on any atom is 0.417 e. The number of carbonyl (C=O) groups is 3. The highest BCUT2D eigenvalue weighted by Gasteiger charge is 2.38. The average Bonchev–Trinajstić information content (AvgIpc) is 2.82. The van der Waals surface area contributed by atoms with Gasteiger partial charge in [0.1, 0.15) is 5.75 Å². The van der Waals surface area contributed by atoms with E-state index in [1.807, 2.05) is 0 Å². The first-order valence-corrected chi connectivity index (χ1v) is 7.24. The fraction of sp³-hybridized carbons (Fsp3) is 0.400. The van der Waals surface area contributed by atoms with Crippen LogP contribution in [0.1, 0.15) is 0 Å². The number of urea groups is 1. The normalized spacial score (nSPS) is 17.8. The SMILES string of the molecule is COc1ccc(NC(=O)N2CC(CN3C(=O)COC3=O)C2)cc1. The van der Waals surface area contributed by atoms with Gasteiger partial charge in [0.25, 0.3) is 5.91 Å². The van der Waals surface area contributed by atoms with Gasteiger partial charge < -0.3 is 19.7 Å². The predicted molar refractivity (Wildman–Crippen MR) is 80.1 cm³/mol. The second kappa shape index (κ2) is 6.15. The standard InChI is InChI=1S/C15H17N3O5/c1-22-12-4-2-11(3-5-12)16-14(20)17-6-10(7-17)8-18-13(19)9-23-15(18)21/h2-5,10H,6-9H2,1H3,(H,16,20). The van der Waals surface area contributed by atoms with Crippen molar-refractivity contribution in [2.45, 2.75) is 0 Å². The zero-order chi connectivity index (χ0) is 16.4. The van der Waals surface area contributed by atoms with Gasteiger partial charge in [-0.2, -0.15) is 0 Å². The first kappa shape index (κ1) is 15.1. The molecule has 2 fully saturated rings. The molecule has 3 rings (SSSR count). The number of likely N-dealkylation sites (tertiary alicyclic amines) is 1. The molecule has 1 aromatic carbocycles. The molecule has 8 nitrogen and oxygen atoms in total. The van der Waals surface area contributed by atoms with Crippen LogP contribution in [0, 0.1) is 5.92 Å². The first-order chi connectivity index (χ1) is 11.1. The van der Waals surface area contributed by atoms with E-state index in [9.17, 15) is 14.4 Å². The zero-order valence-corrected chi connectivity index (χ0v) is 12.7. The number of nitrogens with one attached hydrogen (secondary N) is 1. The van der Waals surface area contributed by atoms with Gasteiger partial charge in [0.2, 0.25) is 0 Å². The highest BCUT2D eigenvalue weighted by molar-refractivity contribution is 5.97. The summed E-state index contributed by atoms with van der Waals surface area (Å²) in [7, 11) is 1.58. The van der Waals surface area contributed by atoms with Gasteiger partial charge in [-0.15, -0.1) is 0 Å². The van der Waals surface area contributed by atoms with Crippen LogP contribution in [0.3, 0.4) is 0 Å². The molecule has 0 aromatic heterocycles. The molecule has 2 saturated heterocycles. The molecule has 2 aliphatic heterocycles. The average molecular weight is 319 g/mol. The van der Waals surface area contributed by atoms with Crippen molar-refractivity contribution >= 4 is 23.7 Å². The number of rotatable bonds is 4. The highest BCUT2D eigenvalue weighted by Crippen LogP contribution is 2.21. The van der Waals surface area contributed by atoms with Gasteiger partial charge in [0, 0.05) is 31.2 Å². The van der Waals surface area contributed by atoms with E-state index in [0.29, 0.717) is 31.1 Å². The molecular weight excluding hydrogens is 302 g/mol. The number of nitrogens with zero attached hydrogens (tertiary/aromatic N) is 2. The zero-order valence-electron chi connectivity index (χ0n) is 12.7. The molecular formula is C15H17N3O5. The van der Waals surface area contributed by atoms with E-state index in [0.717, 1.165) is 4.90 Å². The fourth-order valence-corrected chi connectivity index (χ4v) is 2.54. The number of cyclic esters (lactones) is 1. The molecule has 2 heterocycles. The molecule has 23 heavy (non-hydrogen) atoms. The maximum absolute atomic E-state index is 12.1. The summed E-state index contributed by atoms with van der Waals surface area (Å²) in [5.41, 5.74) is 0.678. The van der Waals surface area contributed by atoms with Crippen LogP contribution in [-0.4, -0.2) is 61.2 Å². The molecule has 2 aliphatic rings. The van der Waals surface area contributed by atoms with Gasteiger partial charge in [-0.05, 0) is 24.3 Å². The third-order valence-electron chi connectivity index (χ3n) is 3.87. The number of carbonyl (C=O) groups excluding carboxylic acids is 3. The van der Waals surface area contributed by atoms with Crippen LogP contribution in [0.5, 0.6) is 5.75 Å². The van der Waals surface area contributed by atoms with Crippen molar-refractivity contribution in [1.29, 1.82) is 0 Å². The lowest BCUT2D eigenvalue weighted by Crippen LogP contribution is -2.55. The molecule has 0 bridgehead atoms. The quantitative estimate of drug-likeness (QED) is 0.899. The van der Waals surface area contributed by atoms with Crippen LogP contribution in [0.15, 0.2) is 24.3 Å². The van der Waals surface area contributed by atoms with Gasteiger partial charge in [-0.3, -0.25) is 4.79 Å². The van der Waals surface area contributed by atoms with Crippen LogP contribution < -0.4 is 10.1 Å². The van der Waals surface area contributed by atoms with E-state index in [2.05, 4.69) is 10.1 Å². The van der Waals surface area contributed by atoms with Crippen LogP contribution in [0.2, 0.25) is 0 Å². The van der Waals surface area contributed by atoms with Crippen molar-refractivity contribution in [3.63, 3.8) is 0 Å². The fourth-order valence-electron chi connectivity index (χ4n) is 2.54. The minimum absolute atomic E-state index is 0.0891. The van der Waals surface area contributed by atoms with Gasteiger partial charge in [-0.1, -0.05) is 0 Å².